The number of carbonyl (C=O) groups excluding carboxylic acids is 2. The molecule has 138 valence electrons. The zero-order valence-electron chi connectivity index (χ0n) is 14.1. The molecule has 2 aromatic rings. The minimum Gasteiger partial charge on any atom is -0.272 e. The zero-order valence-corrected chi connectivity index (χ0v) is 14.1. The van der Waals surface area contributed by atoms with Crippen molar-refractivity contribution in [1.29, 1.82) is 0 Å². The molecule has 1 aromatic carbocycles. The van der Waals surface area contributed by atoms with Gasteiger partial charge in [-0.05, 0) is 49.1 Å². The summed E-state index contributed by atoms with van der Waals surface area (Å²) in [5.41, 5.74) is 4.27. The quantitative estimate of drug-likeness (QED) is 0.816. The summed E-state index contributed by atoms with van der Waals surface area (Å²) in [5.74, 6) is -1.74. The van der Waals surface area contributed by atoms with Crippen molar-refractivity contribution < 1.29 is 22.8 Å². The van der Waals surface area contributed by atoms with Gasteiger partial charge in [0.1, 0.15) is 11.5 Å². The topological polar surface area (TPSA) is 76.0 Å². The van der Waals surface area contributed by atoms with Gasteiger partial charge < -0.3 is 0 Å². The molecule has 6 nitrogen and oxygen atoms in total. The van der Waals surface area contributed by atoms with Crippen LogP contribution in [0, 0.1) is 12.7 Å². The lowest BCUT2D eigenvalue weighted by atomic mass is 9.91. The van der Waals surface area contributed by atoms with E-state index in [0.717, 1.165) is 16.3 Å². The van der Waals surface area contributed by atoms with Crippen LogP contribution in [0.5, 0.6) is 0 Å². The molecule has 1 saturated carbocycles. The van der Waals surface area contributed by atoms with E-state index in [9.17, 15) is 22.8 Å². The standard InChI is InChI=1S/C17H17F3N4O2/c1-9-3-4-10(18)7-11(9)17(5-6-17)16(26)22-21-15(25)12-8-13(14(19)20)24(2)23-12/h3-4,7-8,14H,5-6H2,1-2H3,(H,21,25)(H,22,26). The minimum absolute atomic E-state index is 0.241. The Balaban J connectivity index is 1.70. The summed E-state index contributed by atoms with van der Waals surface area (Å²) in [7, 11) is 1.29. The van der Waals surface area contributed by atoms with Crippen molar-refractivity contribution in [2.45, 2.75) is 31.6 Å². The molecule has 2 N–H and O–H groups in total. The maximum Gasteiger partial charge on any atom is 0.290 e. The third kappa shape index (κ3) is 3.16. The molecule has 1 aliphatic rings. The van der Waals surface area contributed by atoms with Gasteiger partial charge in [0, 0.05) is 7.05 Å². The highest BCUT2D eigenvalue weighted by Gasteiger charge is 2.52. The van der Waals surface area contributed by atoms with E-state index in [1.807, 2.05) is 0 Å². The Morgan fingerprint density at radius 2 is 1.92 bits per heavy atom. The minimum atomic E-state index is -2.77. The van der Waals surface area contributed by atoms with Crippen molar-refractivity contribution >= 4 is 11.8 Å². The third-order valence-electron chi connectivity index (χ3n) is 4.56. The predicted octanol–water partition coefficient (Wildman–Crippen LogP) is 2.30. The monoisotopic (exact) mass is 366 g/mol. The molecule has 0 saturated heterocycles. The maximum absolute atomic E-state index is 13.5. The van der Waals surface area contributed by atoms with Gasteiger partial charge in [0.05, 0.1) is 5.41 Å². The van der Waals surface area contributed by atoms with E-state index in [-0.39, 0.29) is 5.69 Å². The van der Waals surface area contributed by atoms with Crippen LogP contribution in [0.1, 0.15) is 46.6 Å². The van der Waals surface area contributed by atoms with Gasteiger partial charge in [-0.2, -0.15) is 5.10 Å². The van der Waals surface area contributed by atoms with E-state index in [1.165, 1.54) is 19.2 Å². The predicted molar refractivity (Wildman–Crippen MR) is 85.8 cm³/mol. The summed E-state index contributed by atoms with van der Waals surface area (Å²) in [6, 6.07) is 5.18. The fraction of sp³-hybridized carbons (Fsp3) is 0.353. The number of rotatable bonds is 4. The lowest BCUT2D eigenvalue weighted by Crippen LogP contribution is -2.46. The molecule has 0 bridgehead atoms. The van der Waals surface area contributed by atoms with Gasteiger partial charge in [-0.1, -0.05) is 6.07 Å². The number of aryl methyl sites for hydroxylation is 2. The smallest absolute Gasteiger partial charge is 0.272 e. The number of carbonyl (C=O) groups is 2. The highest BCUT2D eigenvalue weighted by molar-refractivity contribution is 5.96. The number of amides is 2. The first kappa shape index (κ1) is 18.0. The van der Waals surface area contributed by atoms with Crippen LogP contribution in [0.15, 0.2) is 24.3 Å². The highest BCUT2D eigenvalue weighted by atomic mass is 19.3. The average molecular weight is 366 g/mol. The molecule has 0 unspecified atom stereocenters. The first-order valence-corrected chi connectivity index (χ1v) is 7.94. The molecule has 1 aliphatic carbocycles. The Morgan fingerprint density at radius 1 is 1.23 bits per heavy atom. The van der Waals surface area contributed by atoms with Crippen molar-refractivity contribution in [2.75, 3.05) is 0 Å². The first-order chi connectivity index (χ1) is 12.2. The number of aromatic nitrogens is 2. The van der Waals surface area contributed by atoms with E-state index in [4.69, 9.17) is 0 Å². The largest absolute Gasteiger partial charge is 0.290 e. The summed E-state index contributed by atoms with van der Waals surface area (Å²) in [6.45, 7) is 1.78. The van der Waals surface area contributed by atoms with Crippen molar-refractivity contribution in [1.82, 2.24) is 20.6 Å². The number of alkyl halides is 2. The fourth-order valence-corrected chi connectivity index (χ4v) is 2.95. The van der Waals surface area contributed by atoms with Gasteiger partial charge in [0.2, 0.25) is 5.91 Å². The average Bonchev–Trinajstić information content (AvgIpc) is 3.30. The van der Waals surface area contributed by atoms with Crippen LogP contribution in [-0.2, 0) is 17.3 Å². The van der Waals surface area contributed by atoms with Crippen molar-refractivity contribution in [3.63, 3.8) is 0 Å². The van der Waals surface area contributed by atoms with Gasteiger partial charge in [-0.3, -0.25) is 25.1 Å². The molecule has 3 rings (SSSR count). The van der Waals surface area contributed by atoms with Crippen LogP contribution in [0.4, 0.5) is 13.2 Å². The molecule has 0 atom stereocenters. The van der Waals surface area contributed by atoms with Gasteiger partial charge in [-0.15, -0.1) is 0 Å². The second-order valence-corrected chi connectivity index (χ2v) is 6.33. The van der Waals surface area contributed by atoms with Crippen molar-refractivity contribution in [3.8, 4) is 0 Å². The van der Waals surface area contributed by atoms with E-state index in [1.54, 1.807) is 13.0 Å². The van der Waals surface area contributed by atoms with Crippen LogP contribution in [0.2, 0.25) is 0 Å². The summed E-state index contributed by atoms with van der Waals surface area (Å²) in [5, 5.41) is 3.70. The van der Waals surface area contributed by atoms with Gasteiger partial charge in [-0.25, -0.2) is 13.2 Å². The Hall–Kier alpha value is -2.84. The number of benzene rings is 1. The van der Waals surface area contributed by atoms with Crippen LogP contribution in [0.3, 0.4) is 0 Å². The molecular weight excluding hydrogens is 349 g/mol. The molecule has 26 heavy (non-hydrogen) atoms. The SMILES string of the molecule is Cc1ccc(F)cc1C1(C(=O)NNC(=O)c2cc(C(F)F)n(C)n2)CC1. The van der Waals surface area contributed by atoms with Crippen LogP contribution in [-0.4, -0.2) is 21.6 Å². The summed E-state index contributed by atoms with van der Waals surface area (Å²) >= 11 is 0. The second kappa shape index (κ2) is 6.47. The van der Waals surface area contributed by atoms with E-state index in [0.29, 0.717) is 18.4 Å². The van der Waals surface area contributed by atoms with Gasteiger partial charge in [0.25, 0.3) is 12.3 Å². The Labute approximate surface area is 147 Å². The molecule has 0 spiro atoms. The van der Waals surface area contributed by atoms with E-state index >= 15 is 0 Å². The van der Waals surface area contributed by atoms with Crippen LogP contribution >= 0.6 is 0 Å². The molecule has 1 heterocycles. The van der Waals surface area contributed by atoms with Crippen molar-refractivity contribution in [2.24, 2.45) is 7.05 Å². The molecular formula is C17H17F3N4O2. The third-order valence-corrected chi connectivity index (χ3v) is 4.56. The number of hydrogen-bond acceptors (Lipinski definition) is 3. The Bertz CT molecular complexity index is 875. The second-order valence-electron chi connectivity index (χ2n) is 6.33. The molecule has 1 fully saturated rings. The lowest BCUT2D eigenvalue weighted by Gasteiger charge is -2.18. The van der Waals surface area contributed by atoms with E-state index < -0.39 is 35.2 Å². The highest BCUT2D eigenvalue weighted by Crippen LogP contribution is 2.49. The van der Waals surface area contributed by atoms with Gasteiger partial charge in [0.15, 0.2) is 5.69 Å². The molecule has 2 amide bonds. The molecule has 0 aliphatic heterocycles. The number of nitrogens with zero attached hydrogens (tertiary/aromatic N) is 2. The van der Waals surface area contributed by atoms with Crippen LogP contribution in [0.25, 0.3) is 0 Å². The zero-order chi connectivity index (χ0) is 19.1. The van der Waals surface area contributed by atoms with E-state index in [2.05, 4.69) is 16.0 Å². The van der Waals surface area contributed by atoms with Gasteiger partial charge >= 0.3 is 0 Å². The number of halogens is 3. The normalized spacial score (nSPS) is 15.0. The number of hydrazine groups is 1. The van der Waals surface area contributed by atoms with Crippen molar-refractivity contribution in [3.05, 3.63) is 52.6 Å². The molecule has 0 radical (unpaired) electrons. The summed E-state index contributed by atoms with van der Waals surface area (Å²) in [6.07, 6.45) is -1.72. The number of nitrogens with one attached hydrogen (secondary N) is 2. The lowest BCUT2D eigenvalue weighted by molar-refractivity contribution is -0.124. The Morgan fingerprint density at radius 3 is 2.50 bits per heavy atom. The Kier molecular flexibility index (Phi) is 4.47. The maximum atomic E-state index is 13.5. The van der Waals surface area contributed by atoms with Crippen LogP contribution < -0.4 is 10.9 Å². The summed E-state index contributed by atoms with van der Waals surface area (Å²) < 4.78 is 39.9. The number of hydrogen-bond donors (Lipinski definition) is 2. The first-order valence-electron chi connectivity index (χ1n) is 7.94. The molecule has 9 heteroatoms. The fourth-order valence-electron chi connectivity index (χ4n) is 2.95. The summed E-state index contributed by atoms with van der Waals surface area (Å²) in [4.78, 5) is 24.5. The molecule has 1 aromatic heterocycles.